The minimum atomic E-state index is -0.489. The maximum Gasteiger partial charge on any atom is 0.305 e. The summed E-state index contributed by atoms with van der Waals surface area (Å²) >= 11 is 5.10. The zero-order chi connectivity index (χ0) is 18.5. The Kier molecular flexibility index (Phi) is 5.45. The molecular weight excluding hydrogens is 357 g/mol. The Hall–Kier alpha value is -2.97. The van der Waals surface area contributed by atoms with Crippen molar-refractivity contribution in [3.8, 4) is 0 Å². The van der Waals surface area contributed by atoms with Crippen LogP contribution in [0.2, 0.25) is 0 Å². The quantitative estimate of drug-likeness (QED) is 0.481. The van der Waals surface area contributed by atoms with Gasteiger partial charge in [-0.2, -0.15) is 0 Å². The molecule has 1 amide bonds. The molecule has 0 spiro atoms. The first-order valence-electron chi connectivity index (χ1n) is 7.70. The molecular formula is C18H16FN3O3S. The average Bonchev–Trinajstić information content (AvgIpc) is 3.01. The summed E-state index contributed by atoms with van der Waals surface area (Å²) in [5, 5.41) is 3.79. The minimum Gasteiger partial charge on any atom is -0.450 e. The number of benzene rings is 2. The Morgan fingerprint density at radius 3 is 2.62 bits per heavy atom. The molecule has 0 radical (unpaired) electrons. The molecule has 3 rings (SSSR count). The van der Waals surface area contributed by atoms with Gasteiger partial charge >= 0.3 is 5.91 Å². The van der Waals surface area contributed by atoms with E-state index in [9.17, 15) is 9.18 Å². The minimum absolute atomic E-state index is 0.144. The number of hydrazine groups is 1. The second kappa shape index (κ2) is 7.94. The fraction of sp³-hybridized carbons (Fsp3) is 0.111. The topological polar surface area (TPSA) is 75.5 Å². The summed E-state index contributed by atoms with van der Waals surface area (Å²) in [6.07, 6.45) is 0. The smallest absolute Gasteiger partial charge is 0.305 e. The van der Waals surface area contributed by atoms with Crippen molar-refractivity contribution in [2.24, 2.45) is 0 Å². The van der Waals surface area contributed by atoms with Crippen molar-refractivity contribution in [1.82, 2.24) is 10.9 Å². The number of hydrogen-bond acceptors (Lipinski definition) is 4. The highest BCUT2D eigenvalue weighted by Crippen LogP contribution is 2.26. The van der Waals surface area contributed by atoms with Crippen LogP contribution in [-0.4, -0.2) is 18.1 Å². The van der Waals surface area contributed by atoms with E-state index >= 15 is 0 Å². The number of carbonyl (C=O) groups excluding carboxylic acids is 1. The Labute approximate surface area is 154 Å². The van der Waals surface area contributed by atoms with Crippen LogP contribution in [0.1, 0.15) is 16.1 Å². The molecule has 1 heterocycles. The highest BCUT2D eigenvalue weighted by Gasteiger charge is 2.20. The maximum absolute atomic E-state index is 12.9. The van der Waals surface area contributed by atoms with Crippen LogP contribution in [0.25, 0.3) is 11.0 Å². The van der Waals surface area contributed by atoms with Crippen LogP contribution in [0.3, 0.4) is 0 Å². The van der Waals surface area contributed by atoms with E-state index in [1.807, 2.05) is 18.2 Å². The molecule has 134 valence electrons. The van der Waals surface area contributed by atoms with Crippen LogP contribution in [0.5, 0.6) is 0 Å². The summed E-state index contributed by atoms with van der Waals surface area (Å²) in [5.41, 5.74) is 6.89. The van der Waals surface area contributed by atoms with Gasteiger partial charge in [-0.05, 0) is 42.5 Å². The van der Waals surface area contributed by atoms with E-state index in [2.05, 4.69) is 16.2 Å². The normalized spacial score (nSPS) is 10.5. The number of anilines is 1. The van der Waals surface area contributed by atoms with E-state index in [0.29, 0.717) is 16.8 Å². The largest absolute Gasteiger partial charge is 0.450 e. The number of amides is 1. The Morgan fingerprint density at radius 2 is 1.88 bits per heavy atom. The molecule has 3 N–H and O–H groups in total. The average molecular weight is 373 g/mol. The van der Waals surface area contributed by atoms with Crippen molar-refractivity contribution >= 4 is 39.9 Å². The summed E-state index contributed by atoms with van der Waals surface area (Å²) in [6.45, 7) is 0.234. The fourth-order valence-corrected chi connectivity index (χ4v) is 2.60. The SMILES string of the molecule is COCc1c(C(=O)NNC(=S)Nc2ccc(F)cc2)oc2ccccc12. The van der Waals surface area contributed by atoms with Crippen LogP contribution in [0.4, 0.5) is 10.1 Å². The zero-order valence-electron chi connectivity index (χ0n) is 13.8. The first kappa shape index (κ1) is 17.8. The van der Waals surface area contributed by atoms with Crippen LogP contribution in [0, 0.1) is 5.82 Å². The van der Waals surface area contributed by atoms with E-state index in [1.165, 1.54) is 24.3 Å². The number of carbonyl (C=O) groups is 1. The molecule has 0 aliphatic heterocycles. The molecule has 26 heavy (non-hydrogen) atoms. The lowest BCUT2D eigenvalue weighted by molar-refractivity contribution is 0.0912. The van der Waals surface area contributed by atoms with Crippen LogP contribution in [0.15, 0.2) is 52.9 Å². The highest BCUT2D eigenvalue weighted by molar-refractivity contribution is 7.80. The third kappa shape index (κ3) is 3.98. The van der Waals surface area contributed by atoms with Gasteiger partial charge in [-0.3, -0.25) is 15.6 Å². The molecule has 8 heteroatoms. The van der Waals surface area contributed by atoms with Gasteiger partial charge in [0.05, 0.1) is 6.61 Å². The van der Waals surface area contributed by atoms with Gasteiger partial charge in [0.25, 0.3) is 0 Å². The van der Waals surface area contributed by atoms with E-state index < -0.39 is 5.91 Å². The standard InChI is InChI=1S/C18H16FN3O3S/c1-24-10-14-13-4-2-3-5-15(13)25-16(14)17(23)21-22-18(26)20-12-8-6-11(19)7-9-12/h2-9H,10H2,1H3,(H,21,23)(H2,20,22,26). The van der Waals surface area contributed by atoms with Crippen LogP contribution >= 0.6 is 12.2 Å². The predicted molar refractivity (Wildman–Crippen MR) is 100 cm³/mol. The zero-order valence-corrected chi connectivity index (χ0v) is 14.7. The Balaban J connectivity index is 1.68. The van der Waals surface area contributed by atoms with Gasteiger partial charge in [-0.25, -0.2) is 4.39 Å². The van der Waals surface area contributed by atoms with Crippen molar-refractivity contribution in [3.63, 3.8) is 0 Å². The first-order valence-corrected chi connectivity index (χ1v) is 8.11. The second-order valence-electron chi connectivity index (χ2n) is 5.38. The molecule has 0 aliphatic rings. The molecule has 0 saturated carbocycles. The fourth-order valence-electron chi connectivity index (χ4n) is 2.44. The molecule has 3 aromatic rings. The van der Waals surface area contributed by atoms with Crippen LogP contribution in [-0.2, 0) is 11.3 Å². The molecule has 0 saturated heterocycles. The lowest BCUT2D eigenvalue weighted by Gasteiger charge is -2.11. The molecule has 0 atom stereocenters. The number of rotatable bonds is 4. The second-order valence-corrected chi connectivity index (χ2v) is 5.79. The van der Waals surface area contributed by atoms with Crippen LogP contribution < -0.4 is 16.2 Å². The van der Waals surface area contributed by atoms with Crippen molar-refractivity contribution in [3.05, 3.63) is 65.7 Å². The van der Waals surface area contributed by atoms with E-state index in [4.69, 9.17) is 21.4 Å². The van der Waals surface area contributed by atoms with Gasteiger partial charge in [0.1, 0.15) is 11.4 Å². The summed E-state index contributed by atoms with van der Waals surface area (Å²) in [5.74, 6) is -0.695. The summed E-state index contributed by atoms with van der Waals surface area (Å²) in [7, 11) is 1.55. The molecule has 0 unspecified atom stereocenters. The maximum atomic E-state index is 12.9. The highest BCUT2D eigenvalue weighted by atomic mass is 32.1. The first-order chi connectivity index (χ1) is 12.6. The number of hydrogen-bond donors (Lipinski definition) is 3. The van der Waals surface area contributed by atoms with Gasteiger partial charge in [-0.1, -0.05) is 18.2 Å². The Bertz CT molecular complexity index is 941. The van der Waals surface area contributed by atoms with Crippen molar-refractivity contribution in [2.75, 3.05) is 12.4 Å². The van der Waals surface area contributed by atoms with Gasteiger partial charge in [-0.15, -0.1) is 0 Å². The van der Waals surface area contributed by atoms with Gasteiger partial charge in [0, 0.05) is 23.7 Å². The predicted octanol–water partition coefficient (Wildman–Crippen LogP) is 3.35. The lowest BCUT2D eigenvalue weighted by atomic mass is 10.1. The summed E-state index contributed by atoms with van der Waals surface area (Å²) in [6, 6.07) is 13.0. The number of thiocarbonyl (C=S) groups is 1. The lowest BCUT2D eigenvalue weighted by Crippen LogP contribution is -2.43. The molecule has 2 aromatic carbocycles. The van der Waals surface area contributed by atoms with E-state index in [1.54, 1.807) is 13.2 Å². The number of furan rings is 1. The number of fused-ring (bicyclic) bond motifs is 1. The van der Waals surface area contributed by atoms with Crippen molar-refractivity contribution in [2.45, 2.75) is 6.61 Å². The van der Waals surface area contributed by atoms with E-state index in [-0.39, 0.29) is 23.3 Å². The number of halogens is 1. The number of para-hydroxylation sites is 1. The van der Waals surface area contributed by atoms with Gasteiger partial charge < -0.3 is 14.5 Å². The van der Waals surface area contributed by atoms with Gasteiger partial charge in [0.15, 0.2) is 10.9 Å². The monoisotopic (exact) mass is 373 g/mol. The third-order valence-electron chi connectivity index (χ3n) is 3.58. The molecule has 6 nitrogen and oxygen atoms in total. The number of methoxy groups -OCH3 is 1. The molecule has 1 aromatic heterocycles. The number of nitrogens with one attached hydrogen (secondary N) is 3. The van der Waals surface area contributed by atoms with E-state index in [0.717, 1.165) is 5.39 Å². The molecule has 0 bridgehead atoms. The number of ether oxygens (including phenoxy) is 1. The summed E-state index contributed by atoms with van der Waals surface area (Å²) in [4.78, 5) is 12.5. The van der Waals surface area contributed by atoms with Crippen molar-refractivity contribution < 1.29 is 18.3 Å². The Morgan fingerprint density at radius 1 is 1.15 bits per heavy atom. The molecule has 0 fully saturated rings. The summed E-state index contributed by atoms with van der Waals surface area (Å²) < 4.78 is 23.7. The van der Waals surface area contributed by atoms with Gasteiger partial charge in [0.2, 0.25) is 0 Å². The van der Waals surface area contributed by atoms with Crippen molar-refractivity contribution in [1.29, 1.82) is 0 Å². The third-order valence-corrected chi connectivity index (χ3v) is 3.79. The molecule has 0 aliphatic carbocycles.